The predicted molar refractivity (Wildman–Crippen MR) is 26.7 cm³/mol. The van der Waals surface area contributed by atoms with Crippen molar-refractivity contribution in [3.8, 4) is 0 Å². The van der Waals surface area contributed by atoms with E-state index in [2.05, 4.69) is 5.32 Å². The quantitative estimate of drug-likeness (QED) is 0.530. The van der Waals surface area contributed by atoms with Crippen molar-refractivity contribution in [3.05, 3.63) is 0 Å². The summed E-state index contributed by atoms with van der Waals surface area (Å²) in [6, 6.07) is 0. The molecule has 0 aliphatic carbocycles. The summed E-state index contributed by atoms with van der Waals surface area (Å²) in [5, 5.41) is 2.75. The van der Waals surface area contributed by atoms with Crippen LogP contribution in [0.5, 0.6) is 0 Å². The Balaban J connectivity index is 0. The summed E-state index contributed by atoms with van der Waals surface area (Å²) in [4.78, 5) is 0. The SMILES string of the molecule is CNC.[Cl][Ti][Cl]. The molecule has 4 heteroatoms. The molecule has 0 saturated carbocycles. The molecule has 0 aromatic heterocycles. The zero-order chi connectivity index (χ0) is 5.41. The molecule has 0 aromatic carbocycles. The zero-order valence-electron chi connectivity index (χ0n) is 3.76. The van der Waals surface area contributed by atoms with E-state index in [1.165, 1.54) is 0 Å². The summed E-state index contributed by atoms with van der Waals surface area (Å²) < 4.78 is 0. The predicted octanol–water partition coefficient (Wildman–Crippen LogP) is 1.21. The van der Waals surface area contributed by atoms with Gasteiger partial charge in [0.25, 0.3) is 0 Å². The first-order chi connectivity index (χ1) is 2.83. The third kappa shape index (κ3) is 60.4. The van der Waals surface area contributed by atoms with Crippen molar-refractivity contribution in [1.82, 2.24) is 5.32 Å². The fourth-order valence-electron chi connectivity index (χ4n) is 0. The summed E-state index contributed by atoms with van der Waals surface area (Å²) in [7, 11) is 13.5. The topological polar surface area (TPSA) is 12.0 Å². The van der Waals surface area contributed by atoms with E-state index in [4.69, 9.17) is 18.6 Å². The van der Waals surface area contributed by atoms with Gasteiger partial charge in [0.2, 0.25) is 0 Å². The second kappa shape index (κ2) is 16.3. The number of hydrogen-bond donors (Lipinski definition) is 1. The molecule has 0 atom stereocenters. The standard InChI is InChI=1S/C2H7N.2ClH.Ti/c1-3-2;;;/h3H,1-2H3;2*1H;/q;;;+2/p-2. The zero-order valence-corrected chi connectivity index (χ0v) is 6.83. The number of nitrogens with one attached hydrogen (secondary N) is 1. The summed E-state index contributed by atoms with van der Waals surface area (Å²) in [6.07, 6.45) is 0. The number of rotatable bonds is 0. The van der Waals surface area contributed by atoms with Crippen LogP contribution in [-0.4, -0.2) is 14.1 Å². The van der Waals surface area contributed by atoms with Crippen LogP contribution in [0.25, 0.3) is 0 Å². The molecule has 38 valence electrons. The maximum absolute atomic E-state index is 4.89. The number of halogens is 2. The van der Waals surface area contributed by atoms with Crippen LogP contribution in [0.4, 0.5) is 0 Å². The van der Waals surface area contributed by atoms with Crippen LogP contribution in [0.2, 0.25) is 0 Å². The second-order valence-corrected chi connectivity index (χ2v) is 3.15. The van der Waals surface area contributed by atoms with E-state index in [9.17, 15) is 0 Å². The van der Waals surface area contributed by atoms with Crippen LogP contribution < -0.4 is 5.32 Å². The molecule has 6 heavy (non-hydrogen) atoms. The molecule has 0 amide bonds. The summed E-state index contributed by atoms with van der Waals surface area (Å²) >= 11 is -0.556. The molecule has 0 aliphatic rings. The van der Waals surface area contributed by atoms with E-state index in [1.54, 1.807) is 0 Å². The normalized spacial score (nSPS) is 5.33. The van der Waals surface area contributed by atoms with Gasteiger partial charge in [-0.25, -0.2) is 0 Å². The molecule has 0 bridgehead atoms. The molecule has 1 N–H and O–H groups in total. The van der Waals surface area contributed by atoms with Gasteiger partial charge in [-0.05, 0) is 14.1 Å². The van der Waals surface area contributed by atoms with Crippen molar-refractivity contribution in [3.63, 3.8) is 0 Å². The fourth-order valence-corrected chi connectivity index (χ4v) is 0. The number of hydrogen-bond acceptors (Lipinski definition) is 1. The molecule has 0 radical (unpaired) electrons. The molecule has 0 aliphatic heterocycles. The average Bonchev–Trinajstić information content (AvgIpc) is 1.39. The van der Waals surface area contributed by atoms with Gasteiger partial charge < -0.3 is 5.32 Å². The van der Waals surface area contributed by atoms with Crippen molar-refractivity contribution in [1.29, 1.82) is 0 Å². The van der Waals surface area contributed by atoms with Crippen LogP contribution >= 0.6 is 18.6 Å². The molecule has 0 heterocycles. The van der Waals surface area contributed by atoms with Crippen LogP contribution in [0.15, 0.2) is 0 Å². The van der Waals surface area contributed by atoms with E-state index < -0.39 is 17.0 Å². The average molecular weight is 164 g/mol. The van der Waals surface area contributed by atoms with Gasteiger partial charge in [-0.1, -0.05) is 0 Å². The Morgan fingerprint density at radius 3 is 1.33 bits per heavy atom. The van der Waals surface area contributed by atoms with Crippen molar-refractivity contribution in [2.24, 2.45) is 0 Å². The van der Waals surface area contributed by atoms with Gasteiger partial charge in [-0.15, -0.1) is 0 Å². The summed E-state index contributed by atoms with van der Waals surface area (Å²) in [5.41, 5.74) is 0. The van der Waals surface area contributed by atoms with E-state index in [-0.39, 0.29) is 0 Å². The van der Waals surface area contributed by atoms with Crippen LogP contribution in [-0.2, 0) is 17.0 Å². The van der Waals surface area contributed by atoms with E-state index in [0.29, 0.717) is 0 Å². The van der Waals surface area contributed by atoms with Crippen LogP contribution in [0.1, 0.15) is 0 Å². The Morgan fingerprint density at radius 1 is 1.33 bits per heavy atom. The molecule has 0 unspecified atom stereocenters. The Bertz CT molecular complexity index is 13.5. The fraction of sp³-hybridized carbons (Fsp3) is 1.00. The van der Waals surface area contributed by atoms with Gasteiger partial charge >= 0.3 is 35.6 Å². The van der Waals surface area contributed by atoms with Crippen molar-refractivity contribution in [2.75, 3.05) is 14.1 Å². The third-order valence-corrected chi connectivity index (χ3v) is 0. The Kier molecular flexibility index (Phi) is 27.9. The van der Waals surface area contributed by atoms with Crippen LogP contribution in [0.3, 0.4) is 0 Å². The third-order valence-electron chi connectivity index (χ3n) is 0. The van der Waals surface area contributed by atoms with E-state index in [0.717, 1.165) is 0 Å². The molecule has 0 aromatic rings. The first-order valence-corrected chi connectivity index (χ1v) is 5.68. The molecule has 1 nitrogen and oxygen atoms in total. The van der Waals surface area contributed by atoms with Gasteiger partial charge in [0, 0.05) is 0 Å². The first kappa shape index (κ1) is 10.3. The summed E-state index contributed by atoms with van der Waals surface area (Å²) in [5.74, 6) is 0. The molecule has 0 rings (SSSR count). The van der Waals surface area contributed by atoms with Gasteiger partial charge in [0.15, 0.2) is 0 Å². The maximum atomic E-state index is 4.89. The molecule has 0 fully saturated rings. The van der Waals surface area contributed by atoms with E-state index >= 15 is 0 Å². The summed E-state index contributed by atoms with van der Waals surface area (Å²) in [6.45, 7) is 0. The van der Waals surface area contributed by atoms with Crippen molar-refractivity contribution in [2.45, 2.75) is 0 Å². The Morgan fingerprint density at radius 2 is 1.33 bits per heavy atom. The minimum absolute atomic E-state index is 0.556. The Hall–Kier alpha value is 1.25. The van der Waals surface area contributed by atoms with Gasteiger partial charge in [0.1, 0.15) is 0 Å². The molecule has 0 saturated heterocycles. The monoisotopic (exact) mass is 163 g/mol. The van der Waals surface area contributed by atoms with Crippen molar-refractivity contribution < 1.29 is 17.0 Å². The second-order valence-electron chi connectivity index (χ2n) is 0.571. The van der Waals surface area contributed by atoms with Gasteiger partial charge in [-0.3, -0.25) is 0 Å². The van der Waals surface area contributed by atoms with Crippen molar-refractivity contribution >= 4 is 18.6 Å². The molecule has 0 spiro atoms. The van der Waals surface area contributed by atoms with Gasteiger partial charge in [-0.2, -0.15) is 0 Å². The molecular formula is C2H7Cl2NTi. The first-order valence-electron chi connectivity index (χ1n) is 1.38. The van der Waals surface area contributed by atoms with Gasteiger partial charge in [0.05, 0.1) is 0 Å². The van der Waals surface area contributed by atoms with E-state index in [1.807, 2.05) is 14.1 Å². The Labute approximate surface area is 55.1 Å². The molecular weight excluding hydrogens is 157 g/mol. The van der Waals surface area contributed by atoms with Crippen LogP contribution in [0, 0.1) is 0 Å². The minimum atomic E-state index is -0.556.